The van der Waals surface area contributed by atoms with Crippen LogP contribution in [0.1, 0.15) is 12.0 Å². The molecule has 130 valence electrons. The van der Waals surface area contributed by atoms with E-state index in [2.05, 4.69) is 17.4 Å². The first kappa shape index (κ1) is 16.1. The predicted molar refractivity (Wildman–Crippen MR) is 94.1 cm³/mol. The number of hydrogen-bond acceptors (Lipinski definition) is 4. The zero-order valence-corrected chi connectivity index (χ0v) is 13.9. The summed E-state index contributed by atoms with van der Waals surface area (Å²) >= 11 is 0. The van der Waals surface area contributed by atoms with Crippen molar-refractivity contribution in [3.63, 3.8) is 0 Å². The van der Waals surface area contributed by atoms with E-state index < -0.39 is 12.2 Å². The topological polar surface area (TPSA) is 61.8 Å². The average molecular weight is 338 g/mol. The number of fused-ring (bicyclic) bond motifs is 1. The summed E-state index contributed by atoms with van der Waals surface area (Å²) in [6, 6.07) is 19.5. The summed E-state index contributed by atoms with van der Waals surface area (Å²) in [6.45, 7) is 1.09. The third kappa shape index (κ3) is 3.25. The smallest absolute Gasteiger partial charge is 0.266 e. The normalized spacial score (nSPS) is 28.2. The van der Waals surface area contributed by atoms with E-state index in [4.69, 9.17) is 4.74 Å². The van der Waals surface area contributed by atoms with Crippen molar-refractivity contribution in [2.45, 2.75) is 37.3 Å². The zero-order valence-electron chi connectivity index (χ0n) is 13.9. The zero-order chi connectivity index (χ0) is 17.2. The highest BCUT2D eigenvalue weighted by Crippen LogP contribution is 2.33. The van der Waals surface area contributed by atoms with Gasteiger partial charge in [0, 0.05) is 19.1 Å². The molecular weight excluding hydrogens is 316 g/mol. The van der Waals surface area contributed by atoms with Crippen LogP contribution >= 0.6 is 0 Å². The third-order valence-electron chi connectivity index (χ3n) is 4.96. The number of β-lactam (4-membered cyclic amide) rings is 1. The molecule has 5 heteroatoms. The van der Waals surface area contributed by atoms with Gasteiger partial charge in [0.15, 0.2) is 6.10 Å². The van der Waals surface area contributed by atoms with Gasteiger partial charge in [0.2, 0.25) is 0 Å². The van der Waals surface area contributed by atoms with Crippen LogP contribution in [0.4, 0.5) is 0 Å². The van der Waals surface area contributed by atoms with Crippen LogP contribution in [0.5, 0.6) is 5.75 Å². The Labute approximate surface area is 147 Å². The van der Waals surface area contributed by atoms with E-state index in [9.17, 15) is 9.90 Å². The van der Waals surface area contributed by atoms with E-state index >= 15 is 0 Å². The van der Waals surface area contributed by atoms with Crippen LogP contribution in [0.3, 0.4) is 0 Å². The Morgan fingerprint density at radius 2 is 1.76 bits per heavy atom. The molecule has 2 aromatic rings. The second-order valence-electron chi connectivity index (χ2n) is 6.70. The fraction of sp³-hybridized carbons (Fsp3) is 0.350. The van der Waals surface area contributed by atoms with E-state index in [1.807, 2.05) is 48.5 Å². The molecule has 2 saturated heterocycles. The SMILES string of the molecule is O=C1[C@H](Oc2ccccc2)[C@@H]2[C@@H](NCc3ccccc3)C[C@@H](O)CN12. The summed E-state index contributed by atoms with van der Waals surface area (Å²) in [5, 5.41) is 13.6. The van der Waals surface area contributed by atoms with Gasteiger partial charge < -0.3 is 20.1 Å². The van der Waals surface area contributed by atoms with Gasteiger partial charge in [-0.05, 0) is 24.1 Å². The van der Waals surface area contributed by atoms with Crippen LogP contribution in [0, 0.1) is 0 Å². The Hall–Kier alpha value is -2.37. The standard InChI is InChI=1S/C20H22N2O3/c23-15-11-17(21-12-14-7-3-1-4-8-14)18-19(20(24)22(18)13-15)25-16-9-5-2-6-10-16/h1-10,15,17-19,21,23H,11-13H2/t15-,17+,18+,19-/m1/s1. The number of nitrogens with zero attached hydrogens (tertiary/aromatic N) is 1. The van der Waals surface area contributed by atoms with Gasteiger partial charge in [-0.3, -0.25) is 4.79 Å². The number of carbonyl (C=O) groups is 1. The summed E-state index contributed by atoms with van der Waals surface area (Å²) in [5.74, 6) is 0.660. The van der Waals surface area contributed by atoms with Gasteiger partial charge in [-0.25, -0.2) is 0 Å². The number of aliphatic hydroxyl groups excluding tert-OH is 1. The minimum atomic E-state index is -0.494. The van der Waals surface area contributed by atoms with Crippen molar-refractivity contribution in [2.24, 2.45) is 0 Å². The highest BCUT2D eigenvalue weighted by Gasteiger charge is 2.55. The van der Waals surface area contributed by atoms with Crippen LogP contribution in [-0.4, -0.2) is 46.7 Å². The van der Waals surface area contributed by atoms with Crippen molar-refractivity contribution in [3.05, 3.63) is 66.2 Å². The molecule has 2 aliphatic rings. The second-order valence-corrected chi connectivity index (χ2v) is 6.70. The minimum absolute atomic E-state index is 0.00960. The molecular formula is C20H22N2O3. The minimum Gasteiger partial charge on any atom is -0.478 e. The maximum Gasteiger partial charge on any atom is 0.266 e. The van der Waals surface area contributed by atoms with Crippen LogP contribution in [0.25, 0.3) is 0 Å². The Morgan fingerprint density at radius 1 is 1.08 bits per heavy atom. The largest absolute Gasteiger partial charge is 0.478 e. The van der Waals surface area contributed by atoms with Crippen molar-refractivity contribution >= 4 is 5.91 Å². The maximum absolute atomic E-state index is 12.4. The molecule has 2 fully saturated rings. The van der Waals surface area contributed by atoms with Crippen molar-refractivity contribution in [1.29, 1.82) is 0 Å². The first-order chi connectivity index (χ1) is 12.2. The molecule has 4 rings (SSSR count). The van der Waals surface area contributed by atoms with Gasteiger partial charge >= 0.3 is 0 Å². The number of aliphatic hydroxyl groups is 1. The Morgan fingerprint density at radius 3 is 2.48 bits per heavy atom. The molecule has 2 N–H and O–H groups in total. The number of para-hydroxylation sites is 1. The van der Waals surface area contributed by atoms with Crippen LogP contribution < -0.4 is 10.1 Å². The van der Waals surface area contributed by atoms with Crippen LogP contribution in [0.2, 0.25) is 0 Å². The molecule has 2 aliphatic heterocycles. The number of piperidine rings is 1. The lowest BCUT2D eigenvalue weighted by atomic mass is 9.83. The van der Waals surface area contributed by atoms with E-state index in [0.29, 0.717) is 25.3 Å². The van der Waals surface area contributed by atoms with Gasteiger partial charge in [0.1, 0.15) is 5.75 Å². The van der Waals surface area contributed by atoms with Gasteiger partial charge in [-0.15, -0.1) is 0 Å². The lowest BCUT2D eigenvalue weighted by Gasteiger charge is -2.54. The highest BCUT2D eigenvalue weighted by molar-refractivity contribution is 5.89. The van der Waals surface area contributed by atoms with Crippen molar-refractivity contribution in [2.75, 3.05) is 6.54 Å². The number of carbonyl (C=O) groups excluding carboxylic acids is 1. The molecule has 4 atom stereocenters. The molecule has 0 unspecified atom stereocenters. The molecule has 0 aliphatic carbocycles. The monoisotopic (exact) mass is 338 g/mol. The Bertz CT molecular complexity index is 722. The Balaban J connectivity index is 1.46. The van der Waals surface area contributed by atoms with Gasteiger partial charge in [-0.2, -0.15) is 0 Å². The summed E-state index contributed by atoms with van der Waals surface area (Å²) in [5.41, 5.74) is 1.18. The number of rotatable bonds is 5. The molecule has 2 heterocycles. The first-order valence-corrected chi connectivity index (χ1v) is 8.70. The van der Waals surface area contributed by atoms with Gasteiger partial charge in [0.25, 0.3) is 5.91 Å². The fourth-order valence-electron chi connectivity index (χ4n) is 3.73. The van der Waals surface area contributed by atoms with Crippen molar-refractivity contribution in [1.82, 2.24) is 10.2 Å². The quantitative estimate of drug-likeness (QED) is 0.813. The highest BCUT2D eigenvalue weighted by atomic mass is 16.5. The first-order valence-electron chi connectivity index (χ1n) is 8.70. The average Bonchev–Trinajstić information content (AvgIpc) is 2.66. The fourth-order valence-corrected chi connectivity index (χ4v) is 3.73. The van der Waals surface area contributed by atoms with Crippen LogP contribution in [-0.2, 0) is 11.3 Å². The molecule has 1 amide bonds. The summed E-state index contributed by atoms with van der Waals surface area (Å²) in [4.78, 5) is 14.2. The summed E-state index contributed by atoms with van der Waals surface area (Å²) < 4.78 is 5.94. The van der Waals surface area contributed by atoms with Gasteiger partial charge in [0.05, 0.1) is 12.1 Å². The maximum atomic E-state index is 12.4. The number of amides is 1. The van der Waals surface area contributed by atoms with E-state index in [-0.39, 0.29) is 18.0 Å². The lowest BCUT2D eigenvalue weighted by molar-refractivity contribution is -0.175. The molecule has 5 nitrogen and oxygen atoms in total. The van der Waals surface area contributed by atoms with E-state index in [1.165, 1.54) is 5.56 Å². The van der Waals surface area contributed by atoms with Crippen LogP contribution in [0.15, 0.2) is 60.7 Å². The number of benzene rings is 2. The number of ether oxygens (including phenoxy) is 1. The third-order valence-corrected chi connectivity index (χ3v) is 4.96. The number of hydrogen-bond donors (Lipinski definition) is 2. The van der Waals surface area contributed by atoms with E-state index in [0.717, 1.165) is 0 Å². The lowest BCUT2D eigenvalue weighted by Crippen LogP contribution is -2.76. The predicted octanol–water partition coefficient (Wildman–Crippen LogP) is 1.57. The molecule has 0 saturated carbocycles. The molecule has 0 aromatic heterocycles. The number of nitrogens with one attached hydrogen (secondary N) is 1. The van der Waals surface area contributed by atoms with Gasteiger partial charge in [-0.1, -0.05) is 48.5 Å². The summed E-state index contributed by atoms with van der Waals surface area (Å²) in [6.07, 6.45) is -0.357. The van der Waals surface area contributed by atoms with E-state index in [1.54, 1.807) is 4.90 Å². The molecule has 2 aromatic carbocycles. The molecule has 0 radical (unpaired) electrons. The van der Waals surface area contributed by atoms with Crippen molar-refractivity contribution in [3.8, 4) is 5.75 Å². The summed E-state index contributed by atoms with van der Waals surface area (Å²) in [7, 11) is 0. The Kier molecular flexibility index (Phi) is 4.42. The molecule has 0 spiro atoms. The molecule has 25 heavy (non-hydrogen) atoms. The second kappa shape index (κ2) is 6.86. The van der Waals surface area contributed by atoms with Crippen molar-refractivity contribution < 1.29 is 14.6 Å². The molecule has 0 bridgehead atoms.